The minimum Gasteiger partial charge on any atom is -0.461 e. The molecule has 2 heterocycles. The van der Waals surface area contributed by atoms with E-state index in [0.717, 1.165) is 11.1 Å². The second-order valence-electron chi connectivity index (χ2n) is 8.03. The number of aryl methyl sites for hydroxylation is 1. The third-order valence-electron chi connectivity index (χ3n) is 5.75. The zero-order valence-electron chi connectivity index (χ0n) is 19.2. The van der Waals surface area contributed by atoms with Crippen LogP contribution in [0.15, 0.2) is 24.3 Å². The van der Waals surface area contributed by atoms with Crippen molar-refractivity contribution in [1.82, 2.24) is 15.1 Å². The van der Waals surface area contributed by atoms with Gasteiger partial charge in [0.2, 0.25) is 5.91 Å². The highest BCUT2D eigenvalue weighted by molar-refractivity contribution is 6.12. The van der Waals surface area contributed by atoms with Gasteiger partial charge in [-0.15, -0.1) is 0 Å². The Balaban J connectivity index is 2.06. The number of aromatic nitrogens is 2. The second kappa shape index (κ2) is 9.52. The summed E-state index contributed by atoms with van der Waals surface area (Å²) in [7, 11) is 1.60. The normalized spacial score (nSPS) is 17.8. The van der Waals surface area contributed by atoms with E-state index in [9.17, 15) is 14.4 Å². The van der Waals surface area contributed by atoms with E-state index in [4.69, 9.17) is 9.47 Å². The van der Waals surface area contributed by atoms with Crippen molar-refractivity contribution in [3.63, 3.8) is 0 Å². The third-order valence-corrected chi connectivity index (χ3v) is 5.75. The Morgan fingerprint density at radius 2 is 2.03 bits per heavy atom. The molecule has 0 spiro atoms. The summed E-state index contributed by atoms with van der Waals surface area (Å²) < 4.78 is 11.5. The number of ether oxygens (including phenoxy) is 2. The van der Waals surface area contributed by atoms with Crippen LogP contribution in [0.2, 0.25) is 0 Å². The minimum atomic E-state index is -1.26. The highest BCUT2D eigenvalue weighted by Crippen LogP contribution is 2.35. The number of carbonyl (C=O) groups is 3. The molecule has 32 heavy (non-hydrogen) atoms. The molecule has 1 unspecified atom stereocenters. The Hall–Kier alpha value is -3.20. The van der Waals surface area contributed by atoms with Crippen LogP contribution >= 0.6 is 0 Å². The van der Waals surface area contributed by atoms with Gasteiger partial charge in [0, 0.05) is 32.0 Å². The fourth-order valence-corrected chi connectivity index (χ4v) is 3.85. The summed E-state index contributed by atoms with van der Waals surface area (Å²) in [6, 6.07) is 7.07. The van der Waals surface area contributed by atoms with Crippen molar-refractivity contribution in [3.05, 3.63) is 46.8 Å². The number of methoxy groups -OCH3 is 1. The number of esters is 1. The van der Waals surface area contributed by atoms with Crippen molar-refractivity contribution in [3.8, 4) is 0 Å². The lowest BCUT2D eigenvalue weighted by atomic mass is 9.92. The van der Waals surface area contributed by atoms with Gasteiger partial charge in [0.05, 0.1) is 13.2 Å². The molecule has 1 aliphatic heterocycles. The van der Waals surface area contributed by atoms with E-state index in [2.05, 4.69) is 10.4 Å². The Morgan fingerprint density at radius 3 is 2.72 bits per heavy atom. The number of nitrogens with one attached hydrogen (secondary N) is 1. The van der Waals surface area contributed by atoms with Crippen molar-refractivity contribution in [2.75, 3.05) is 31.8 Å². The van der Waals surface area contributed by atoms with Crippen LogP contribution in [0, 0.1) is 13.8 Å². The molecule has 1 aliphatic rings. The molecule has 9 heteroatoms. The summed E-state index contributed by atoms with van der Waals surface area (Å²) in [5.41, 5.74) is 1.57. The van der Waals surface area contributed by atoms with E-state index in [-0.39, 0.29) is 30.4 Å². The second-order valence-corrected chi connectivity index (χ2v) is 8.03. The van der Waals surface area contributed by atoms with Gasteiger partial charge in [-0.05, 0) is 51.3 Å². The average molecular weight is 443 g/mol. The van der Waals surface area contributed by atoms with E-state index >= 15 is 0 Å². The molecule has 2 aromatic rings. The van der Waals surface area contributed by atoms with E-state index in [0.29, 0.717) is 25.3 Å². The predicted molar refractivity (Wildman–Crippen MR) is 119 cm³/mol. The van der Waals surface area contributed by atoms with E-state index < -0.39 is 17.4 Å². The maximum Gasteiger partial charge on any atom is 0.358 e. The summed E-state index contributed by atoms with van der Waals surface area (Å²) in [6.07, 6.45) is 0.649. The van der Waals surface area contributed by atoms with Gasteiger partial charge in [-0.1, -0.05) is 12.1 Å². The largest absolute Gasteiger partial charge is 0.461 e. The number of hydrogen-bond donors (Lipinski definition) is 1. The van der Waals surface area contributed by atoms with Gasteiger partial charge in [-0.25, -0.2) is 4.79 Å². The molecular formula is C23H30N4O5. The van der Waals surface area contributed by atoms with E-state index in [1.54, 1.807) is 21.0 Å². The zero-order chi connectivity index (χ0) is 23.5. The van der Waals surface area contributed by atoms with Crippen LogP contribution in [-0.2, 0) is 20.8 Å². The smallest absolute Gasteiger partial charge is 0.358 e. The fraction of sp³-hybridized carbons (Fsp3) is 0.478. The van der Waals surface area contributed by atoms with Crippen molar-refractivity contribution < 1.29 is 23.9 Å². The van der Waals surface area contributed by atoms with E-state index in [1.165, 1.54) is 15.6 Å². The van der Waals surface area contributed by atoms with Gasteiger partial charge < -0.3 is 14.8 Å². The van der Waals surface area contributed by atoms with Crippen LogP contribution in [0.25, 0.3) is 0 Å². The number of amides is 2. The molecule has 2 amide bonds. The Labute approximate surface area is 187 Å². The Morgan fingerprint density at radius 1 is 1.28 bits per heavy atom. The monoisotopic (exact) mass is 442 g/mol. The first kappa shape index (κ1) is 23.5. The third kappa shape index (κ3) is 4.25. The number of benzene rings is 1. The Kier molecular flexibility index (Phi) is 6.98. The van der Waals surface area contributed by atoms with Gasteiger partial charge in [-0.2, -0.15) is 5.10 Å². The number of fused-ring (bicyclic) bond motifs is 1. The quantitative estimate of drug-likeness (QED) is 0.497. The summed E-state index contributed by atoms with van der Waals surface area (Å²) in [5.74, 6) is -1.31. The SMILES string of the molecule is CCOC(=O)c1cc2n(n1)CC(C)(C(=O)NCCCOC)N(c1cccc(C)c1C)C2=O. The molecule has 1 aromatic carbocycles. The highest BCUT2D eigenvalue weighted by atomic mass is 16.5. The van der Waals surface area contributed by atoms with Crippen LogP contribution < -0.4 is 10.2 Å². The molecule has 0 aliphatic carbocycles. The predicted octanol–water partition coefficient (Wildman–Crippen LogP) is 2.25. The van der Waals surface area contributed by atoms with Gasteiger partial charge >= 0.3 is 5.97 Å². The lowest BCUT2D eigenvalue weighted by Gasteiger charge is -2.43. The molecule has 0 radical (unpaired) electrons. The van der Waals surface area contributed by atoms with Crippen molar-refractivity contribution in [2.45, 2.75) is 46.2 Å². The van der Waals surface area contributed by atoms with Crippen molar-refractivity contribution >= 4 is 23.5 Å². The molecule has 172 valence electrons. The van der Waals surface area contributed by atoms with Crippen LogP contribution in [0.1, 0.15) is 52.4 Å². The molecule has 1 aromatic heterocycles. The molecule has 1 N–H and O–H groups in total. The average Bonchev–Trinajstić information content (AvgIpc) is 3.18. The van der Waals surface area contributed by atoms with Gasteiger partial charge in [0.15, 0.2) is 5.69 Å². The Bertz CT molecular complexity index is 1030. The van der Waals surface area contributed by atoms with Gasteiger partial charge in [0.1, 0.15) is 11.2 Å². The minimum absolute atomic E-state index is 0.0425. The number of rotatable bonds is 8. The number of nitrogens with zero attached hydrogens (tertiary/aromatic N) is 3. The summed E-state index contributed by atoms with van der Waals surface area (Å²) in [4.78, 5) is 40.8. The summed E-state index contributed by atoms with van der Waals surface area (Å²) in [5, 5.41) is 7.19. The molecule has 0 fully saturated rings. The first-order chi connectivity index (χ1) is 15.2. The lowest BCUT2D eigenvalue weighted by molar-refractivity contribution is -0.126. The maximum atomic E-state index is 13.7. The van der Waals surface area contributed by atoms with Crippen molar-refractivity contribution in [1.29, 1.82) is 0 Å². The molecule has 9 nitrogen and oxygen atoms in total. The van der Waals surface area contributed by atoms with E-state index in [1.807, 2.05) is 32.0 Å². The first-order valence-corrected chi connectivity index (χ1v) is 10.7. The molecule has 0 bridgehead atoms. The summed E-state index contributed by atoms with van der Waals surface area (Å²) >= 11 is 0. The topological polar surface area (TPSA) is 103 Å². The molecule has 0 saturated carbocycles. The number of hydrogen-bond acceptors (Lipinski definition) is 6. The van der Waals surface area contributed by atoms with Crippen LogP contribution in [-0.4, -0.2) is 60.0 Å². The number of carbonyl (C=O) groups excluding carboxylic acids is 3. The van der Waals surface area contributed by atoms with Crippen molar-refractivity contribution in [2.24, 2.45) is 0 Å². The maximum absolute atomic E-state index is 13.7. The van der Waals surface area contributed by atoms with Crippen LogP contribution in [0.5, 0.6) is 0 Å². The highest BCUT2D eigenvalue weighted by Gasteiger charge is 2.49. The zero-order valence-corrected chi connectivity index (χ0v) is 19.2. The molecule has 0 saturated heterocycles. The molecule has 1 atom stereocenters. The molecule has 3 rings (SSSR count). The van der Waals surface area contributed by atoms with Crippen LogP contribution in [0.3, 0.4) is 0 Å². The van der Waals surface area contributed by atoms with Crippen LogP contribution in [0.4, 0.5) is 5.69 Å². The lowest BCUT2D eigenvalue weighted by Crippen LogP contribution is -2.64. The molecular weight excluding hydrogens is 412 g/mol. The van der Waals surface area contributed by atoms with Gasteiger partial charge in [-0.3, -0.25) is 19.2 Å². The number of anilines is 1. The van der Waals surface area contributed by atoms with Gasteiger partial charge in [0.25, 0.3) is 5.91 Å². The fourth-order valence-electron chi connectivity index (χ4n) is 3.85. The first-order valence-electron chi connectivity index (χ1n) is 10.7. The summed E-state index contributed by atoms with van der Waals surface area (Å²) in [6.45, 7) is 8.52. The standard InChI is InChI=1S/C23H30N4O5/c1-6-32-21(29)17-13-19-20(28)27(18-10-7-9-15(2)16(18)3)23(4,14-26(19)25-17)22(30)24-11-8-12-31-5/h7,9-10,13H,6,8,11-12,14H2,1-5H3,(H,24,30).